The number of furan rings is 1. The number of hydrogen-bond acceptors (Lipinski definition) is 6. The average molecular weight is 399 g/mol. The maximum Gasteiger partial charge on any atom is 0.338 e. The predicted octanol–water partition coefficient (Wildman–Crippen LogP) is 1.38. The van der Waals surface area contributed by atoms with Crippen molar-refractivity contribution in [3.63, 3.8) is 0 Å². The van der Waals surface area contributed by atoms with E-state index in [-0.39, 0.29) is 29.7 Å². The molecule has 1 aliphatic rings. The van der Waals surface area contributed by atoms with Crippen LogP contribution in [-0.4, -0.2) is 66.3 Å². The van der Waals surface area contributed by atoms with Crippen molar-refractivity contribution in [1.82, 2.24) is 9.80 Å². The Hall–Kier alpha value is -3.62. The molecule has 29 heavy (non-hydrogen) atoms. The molecule has 0 bridgehead atoms. The van der Waals surface area contributed by atoms with E-state index >= 15 is 0 Å². The van der Waals surface area contributed by atoms with Gasteiger partial charge in [-0.05, 0) is 36.4 Å². The Balaban J connectivity index is 1.46. The Kier molecular flexibility index (Phi) is 6.28. The summed E-state index contributed by atoms with van der Waals surface area (Å²) in [4.78, 5) is 50.8. The molecule has 0 aliphatic carbocycles. The molecule has 1 aromatic carbocycles. The molecule has 2 aromatic rings. The number of nitrogens with zero attached hydrogens (tertiary/aromatic N) is 2. The molecule has 2 heterocycles. The number of amides is 3. The van der Waals surface area contributed by atoms with Crippen LogP contribution in [0, 0.1) is 0 Å². The van der Waals surface area contributed by atoms with Gasteiger partial charge in [0.05, 0.1) is 11.8 Å². The van der Waals surface area contributed by atoms with Gasteiger partial charge in [0.25, 0.3) is 11.8 Å². The molecule has 1 saturated heterocycles. The lowest BCUT2D eigenvalue weighted by Gasteiger charge is -2.34. The minimum Gasteiger partial charge on any atom is -0.459 e. The Morgan fingerprint density at radius 1 is 1.00 bits per heavy atom. The van der Waals surface area contributed by atoms with Crippen LogP contribution in [0.5, 0.6) is 0 Å². The summed E-state index contributed by atoms with van der Waals surface area (Å²) >= 11 is 0. The van der Waals surface area contributed by atoms with Crippen LogP contribution in [-0.2, 0) is 14.3 Å². The van der Waals surface area contributed by atoms with E-state index in [4.69, 9.17) is 9.15 Å². The number of carbonyl (C=O) groups excluding carboxylic acids is 4. The van der Waals surface area contributed by atoms with Gasteiger partial charge in [-0.3, -0.25) is 14.4 Å². The van der Waals surface area contributed by atoms with E-state index in [9.17, 15) is 19.2 Å². The van der Waals surface area contributed by atoms with Crippen molar-refractivity contribution in [3.8, 4) is 0 Å². The third-order valence-corrected chi connectivity index (χ3v) is 4.53. The topological polar surface area (TPSA) is 109 Å². The number of benzene rings is 1. The number of piperazine rings is 1. The molecule has 0 saturated carbocycles. The molecule has 0 radical (unpaired) electrons. The zero-order valence-corrected chi connectivity index (χ0v) is 15.9. The van der Waals surface area contributed by atoms with Crippen LogP contribution >= 0.6 is 0 Å². The number of nitrogens with one attached hydrogen (secondary N) is 1. The van der Waals surface area contributed by atoms with E-state index in [1.807, 2.05) is 0 Å². The average Bonchev–Trinajstić information content (AvgIpc) is 3.27. The van der Waals surface area contributed by atoms with Crippen molar-refractivity contribution in [1.29, 1.82) is 0 Å². The van der Waals surface area contributed by atoms with Crippen LogP contribution in [0.2, 0.25) is 0 Å². The van der Waals surface area contributed by atoms with Crippen molar-refractivity contribution in [2.24, 2.45) is 0 Å². The molecule has 0 spiro atoms. The monoisotopic (exact) mass is 399 g/mol. The van der Waals surface area contributed by atoms with Gasteiger partial charge in [-0.2, -0.15) is 0 Å². The molecule has 9 nitrogen and oxygen atoms in total. The highest BCUT2D eigenvalue weighted by Crippen LogP contribution is 2.13. The highest BCUT2D eigenvalue weighted by atomic mass is 16.5. The minimum absolute atomic E-state index is 0.0210. The molecule has 1 N–H and O–H groups in total. The Morgan fingerprint density at radius 2 is 1.66 bits per heavy atom. The maximum atomic E-state index is 12.2. The highest BCUT2D eigenvalue weighted by Gasteiger charge is 2.23. The van der Waals surface area contributed by atoms with Crippen LogP contribution in [0.25, 0.3) is 0 Å². The van der Waals surface area contributed by atoms with E-state index < -0.39 is 11.9 Å². The summed E-state index contributed by atoms with van der Waals surface area (Å²) in [6, 6.07) is 9.25. The van der Waals surface area contributed by atoms with Crippen LogP contribution in [0.4, 0.5) is 5.69 Å². The lowest BCUT2D eigenvalue weighted by Crippen LogP contribution is -2.51. The fourth-order valence-corrected chi connectivity index (χ4v) is 2.86. The molecule has 1 aromatic heterocycles. The smallest absolute Gasteiger partial charge is 0.338 e. The Morgan fingerprint density at radius 3 is 2.24 bits per heavy atom. The standard InChI is InChI=1S/C20H21N3O6/c1-14(24)22-8-10-23(11-9-22)18(25)13-29-20(27)15-4-6-16(7-5-15)21-19(26)17-3-2-12-28-17/h2-7,12H,8-11,13H2,1H3,(H,21,26). The number of carbonyl (C=O) groups is 4. The quantitative estimate of drug-likeness (QED) is 0.761. The molecule has 3 amide bonds. The van der Waals surface area contributed by atoms with Crippen molar-refractivity contribution in [3.05, 3.63) is 54.0 Å². The Labute approximate surface area is 167 Å². The summed E-state index contributed by atoms with van der Waals surface area (Å²) < 4.78 is 10.1. The second-order valence-electron chi connectivity index (χ2n) is 6.47. The fraction of sp³-hybridized carbons (Fsp3) is 0.300. The Bertz CT molecular complexity index is 883. The molecule has 3 rings (SSSR count). The van der Waals surface area contributed by atoms with Crippen molar-refractivity contribution in [2.75, 3.05) is 38.1 Å². The SMILES string of the molecule is CC(=O)N1CCN(C(=O)COC(=O)c2ccc(NC(=O)c3ccco3)cc2)CC1. The molecule has 9 heteroatoms. The third-order valence-electron chi connectivity index (χ3n) is 4.53. The van der Waals surface area contributed by atoms with Gasteiger partial charge < -0.3 is 24.3 Å². The van der Waals surface area contributed by atoms with Gasteiger partial charge in [0, 0.05) is 38.8 Å². The van der Waals surface area contributed by atoms with Crippen molar-refractivity contribution < 1.29 is 28.3 Å². The van der Waals surface area contributed by atoms with Crippen LogP contribution in [0.1, 0.15) is 27.8 Å². The van der Waals surface area contributed by atoms with Gasteiger partial charge in [-0.25, -0.2) is 4.79 Å². The molecule has 0 unspecified atom stereocenters. The number of esters is 1. The third kappa shape index (κ3) is 5.22. The molecule has 0 atom stereocenters. The highest BCUT2D eigenvalue weighted by molar-refractivity contribution is 6.02. The van der Waals surface area contributed by atoms with E-state index in [2.05, 4.69) is 5.32 Å². The first-order chi connectivity index (χ1) is 13.9. The second-order valence-corrected chi connectivity index (χ2v) is 6.47. The summed E-state index contributed by atoms with van der Waals surface area (Å²) in [5.41, 5.74) is 0.748. The number of anilines is 1. The van der Waals surface area contributed by atoms with E-state index in [1.54, 1.807) is 28.0 Å². The van der Waals surface area contributed by atoms with Crippen LogP contribution in [0.3, 0.4) is 0 Å². The maximum absolute atomic E-state index is 12.2. The van der Waals surface area contributed by atoms with Gasteiger partial charge in [0.1, 0.15) is 0 Å². The molecular weight excluding hydrogens is 378 g/mol. The summed E-state index contributed by atoms with van der Waals surface area (Å²) in [5.74, 6) is -1.18. The molecule has 1 aliphatic heterocycles. The zero-order chi connectivity index (χ0) is 20.8. The first kappa shape index (κ1) is 20.1. The zero-order valence-electron chi connectivity index (χ0n) is 15.9. The van der Waals surface area contributed by atoms with Gasteiger partial charge in [-0.15, -0.1) is 0 Å². The van der Waals surface area contributed by atoms with Crippen LogP contribution < -0.4 is 5.32 Å². The fourth-order valence-electron chi connectivity index (χ4n) is 2.86. The first-order valence-electron chi connectivity index (χ1n) is 9.09. The number of rotatable bonds is 5. The second kappa shape index (κ2) is 9.05. The summed E-state index contributed by atoms with van der Waals surface area (Å²) in [6.07, 6.45) is 1.40. The van der Waals surface area contributed by atoms with Crippen molar-refractivity contribution >= 4 is 29.4 Å². The summed E-state index contributed by atoms with van der Waals surface area (Å²) in [7, 11) is 0. The molecular formula is C20H21N3O6. The first-order valence-corrected chi connectivity index (χ1v) is 9.09. The summed E-state index contributed by atoms with van der Waals surface area (Å²) in [6.45, 7) is 2.91. The van der Waals surface area contributed by atoms with Crippen LogP contribution in [0.15, 0.2) is 47.1 Å². The largest absolute Gasteiger partial charge is 0.459 e. The van der Waals surface area contributed by atoms with E-state index in [0.717, 1.165) is 0 Å². The normalized spacial score (nSPS) is 13.7. The molecule has 152 valence electrons. The summed E-state index contributed by atoms with van der Waals surface area (Å²) in [5, 5.41) is 2.64. The van der Waals surface area contributed by atoms with E-state index in [0.29, 0.717) is 31.9 Å². The van der Waals surface area contributed by atoms with Gasteiger partial charge in [0.2, 0.25) is 5.91 Å². The number of ether oxygens (including phenoxy) is 1. The minimum atomic E-state index is -0.635. The van der Waals surface area contributed by atoms with Crippen molar-refractivity contribution in [2.45, 2.75) is 6.92 Å². The van der Waals surface area contributed by atoms with Gasteiger partial charge in [-0.1, -0.05) is 0 Å². The molecule has 1 fully saturated rings. The lowest BCUT2D eigenvalue weighted by molar-refractivity contribution is -0.140. The predicted molar refractivity (Wildman–Crippen MR) is 102 cm³/mol. The number of hydrogen-bond donors (Lipinski definition) is 1. The van der Waals surface area contributed by atoms with Gasteiger partial charge >= 0.3 is 5.97 Å². The van der Waals surface area contributed by atoms with Gasteiger partial charge in [0.15, 0.2) is 12.4 Å². The lowest BCUT2D eigenvalue weighted by atomic mass is 10.2. The van der Waals surface area contributed by atoms with E-state index in [1.165, 1.54) is 31.4 Å².